The molecule has 1 amide bonds. The van der Waals surface area contributed by atoms with E-state index in [1.165, 1.54) is 7.11 Å². The zero-order valence-corrected chi connectivity index (χ0v) is 13.9. The van der Waals surface area contributed by atoms with Gasteiger partial charge in [-0.15, -0.1) is 0 Å². The molecule has 3 rings (SSSR count). The number of imidazole rings is 1. The number of carbonyl (C=O) groups excluding carboxylic acids is 1. The zero-order chi connectivity index (χ0) is 17.3. The van der Waals surface area contributed by atoms with Crippen molar-refractivity contribution in [3.05, 3.63) is 64.1 Å². The number of hydrogen-bond donors (Lipinski definition) is 1. The summed E-state index contributed by atoms with van der Waals surface area (Å²) >= 11 is 0. The van der Waals surface area contributed by atoms with E-state index in [9.17, 15) is 9.59 Å². The monoisotopic (exact) mass is 325 g/mol. The molecule has 124 valence electrons. The molecule has 0 bridgehead atoms. The van der Waals surface area contributed by atoms with Crippen molar-refractivity contribution >= 4 is 16.9 Å². The first-order valence-corrected chi connectivity index (χ1v) is 7.58. The van der Waals surface area contributed by atoms with E-state index in [1.54, 1.807) is 41.4 Å². The maximum Gasteiger partial charge on any atom is 0.328 e. The number of fused-ring (bicyclic) bond motifs is 1. The predicted octanol–water partition coefficient (Wildman–Crippen LogP) is 1.82. The minimum atomic E-state index is -0.200. The summed E-state index contributed by atoms with van der Waals surface area (Å²) in [5, 5.41) is 2.88. The average Bonchev–Trinajstić information content (AvgIpc) is 2.83. The van der Waals surface area contributed by atoms with E-state index in [4.69, 9.17) is 4.74 Å². The summed E-state index contributed by atoms with van der Waals surface area (Å²) in [5.74, 6) is 0.338. The molecule has 1 N–H and O–H groups in total. The number of rotatable bonds is 4. The number of aromatic nitrogens is 2. The third kappa shape index (κ3) is 2.67. The summed E-state index contributed by atoms with van der Waals surface area (Å²) in [6.07, 6.45) is 0. The number of ether oxygens (including phenoxy) is 1. The van der Waals surface area contributed by atoms with Crippen LogP contribution in [0.4, 0.5) is 0 Å². The molecule has 2 aromatic carbocycles. The number of amides is 1. The van der Waals surface area contributed by atoms with Gasteiger partial charge in [0.05, 0.1) is 23.7 Å². The average molecular weight is 325 g/mol. The Bertz CT molecular complexity index is 969. The fraction of sp³-hybridized carbons (Fsp3) is 0.222. The molecule has 6 nitrogen and oxygen atoms in total. The lowest BCUT2D eigenvalue weighted by molar-refractivity contribution is 0.0948. The Morgan fingerprint density at radius 1 is 1.08 bits per heavy atom. The van der Waals surface area contributed by atoms with Crippen LogP contribution in [-0.4, -0.2) is 22.2 Å². The van der Waals surface area contributed by atoms with Crippen molar-refractivity contribution in [1.29, 1.82) is 0 Å². The fourth-order valence-corrected chi connectivity index (χ4v) is 2.77. The maximum atomic E-state index is 12.3. The van der Waals surface area contributed by atoms with Crippen LogP contribution in [0.3, 0.4) is 0 Å². The van der Waals surface area contributed by atoms with Gasteiger partial charge in [0.2, 0.25) is 0 Å². The van der Waals surface area contributed by atoms with E-state index in [-0.39, 0.29) is 11.6 Å². The highest BCUT2D eigenvalue weighted by Gasteiger charge is 2.12. The van der Waals surface area contributed by atoms with E-state index in [2.05, 4.69) is 5.32 Å². The summed E-state index contributed by atoms with van der Waals surface area (Å²) in [6, 6.07) is 12.8. The van der Waals surface area contributed by atoms with E-state index in [0.717, 1.165) is 16.6 Å². The molecule has 24 heavy (non-hydrogen) atoms. The summed E-state index contributed by atoms with van der Waals surface area (Å²) in [4.78, 5) is 24.3. The number of benzene rings is 2. The molecule has 0 unspecified atom stereocenters. The predicted molar refractivity (Wildman–Crippen MR) is 92.3 cm³/mol. The number of nitrogens with one attached hydrogen (secondary N) is 1. The number of aryl methyl sites for hydroxylation is 2. The molecule has 0 atom stereocenters. The molecule has 0 aliphatic rings. The Balaban J connectivity index is 1.82. The van der Waals surface area contributed by atoms with Crippen LogP contribution in [0.5, 0.6) is 5.75 Å². The first kappa shape index (κ1) is 15.9. The molecule has 0 aliphatic carbocycles. The van der Waals surface area contributed by atoms with E-state index in [1.807, 2.05) is 24.3 Å². The van der Waals surface area contributed by atoms with Crippen molar-refractivity contribution in [1.82, 2.24) is 14.5 Å². The lowest BCUT2D eigenvalue weighted by atomic mass is 10.1. The Labute approximate surface area is 139 Å². The number of nitrogens with zero attached hydrogens (tertiary/aromatic N) is 2. The first-order chi connectivity index (χ1) is 11.5. The van der Waals surface area contributed by atoms with Gasteiger partial charge in [-0.25, -0.2) is 4.79 Å². The van der Waals surface area contributed by atoms with Crippen LogP contribution in [0.2, 0.25) is 0 Å². The van der Waals surface area contributed by atoms with Gasteiger partial charge in [0.1, 0.15) is 5.75 Å². The SMILES string of the molecule is COc1ccccc1C(=O)NCc1ccc2c(c1)n(C)c(=O)n2C. The molecule has 0 aliphatic heterocycles. The van der Waals surface area contributed by atoms with E-state index in [0.29, 0.717) is 17.9 Å². The normalized spacial score (nSPS) is 10.8. The van der Waals surface area contributed by atoms with Crippen molar-refractivity contribution in [2.24, 2.45) is 14.1 Å². The number of hydrogen-bond acceptors (Lipinski definition) is 3. The summed E-state index contributed by atoms with van der Waals surface area (Å²) in [7, 11) is 5.02. The minimum absolute atomic E-state index is 0.0693. The van der Waals surface area contributed by atoms with Crippen LogP contribution in [0, 0.1) is 0 Å². The lowest BCUT2D eigenvalue weighted by Crippen LogP contribution is -2.23. The number of methoxy groups -OCH3 is 1. The highest BCUT2D eigenvalue weighted by atomic mass is 16.5. The molecule has 0 saturated carbocycles. The van der Waals surface area contributed by atoms with Crippen molar-refractivity contribution in [2.45, 2.75) is 6.54 Å². The van der Waals surface area contributed by atoms with Crippen LogP contribution in [0.25, 0.3) is 11.0 Å². The molecule has 1 heterocycles. The third-order valence-corrected chi connectivity index (χ3v) is 4.14. The summed E-state index contributed by atoms with van der Waals surface area (Å²) < 4.78 is 8.41. The Kier molecular flexibility index (Phi) is 4.12. The smallest absolute Gasteiger partial charge is 0.328 e. The topological polar surface area (TPSA) is 65.3 Å². The molecule has 6 heteroatoms. The van der Waals surface area contributed by atoms with Crippen LogP contribution < -0.4 is 15.7 Å². The van der Waals surface area contributed by atoms with Gasteiger partial charge in [-0.05, 0) is 29.8 Å². The van der Waals surface area contributed by atoms with Crippen LogP contribution in [0.15, 0.2) is 47.3 Å². The second-order valence-corrected chi connectivity index (χ2v) is 5.61. The highest BCUT2D eigenvalue weighted by molar-refractivity contribution is 5.96. The van der Waals surface area contributed by atoms with Gasteiger partial charge in [-0.2, -0.15) is 0 Å². The molecule has 1 aromatic heterocycles. The fourth-order valence-electron chi connectivity index (χ4n) is 2.77. The zero-order valence-electron chi connectivity index (χ0n) is 13.9. The summed E-state index contributed by atoms with van der Waals surface area (Å²) in [6.45, 7) is 0.371. The van der Waals surface area contributed by atoms with Gasteiger partial charge in [0, 0.05) is 20.6 Å². The Hall–Kier alpha value is -3.02. The van der Waals surface area contributed by atoms with Gasteiger partial charge in [0.25, 0.3) is 5.91 Å². The molecule has 0 saturated heterocycles. The molecule has 0 radical (unpaired) electrons. The van der Waals surface area contributed by atoms with Crippen LogP contribution in [0.1, 0.15) is 15.9 Å². The van der Waals surface area contributed by atoms with Gasteiger partial charge in [-0.3, -0.25) is 13.9 Å². The molecule has 3 aromatic rings. The van der Waals surface area contributed by atoms with Gasteiger partial charge < -0.3 is 10.1 Å². The van der Waals surface area contributed by atoms with Crippen molar-refractivity contribution < 1.29 is 9.53 Å². The van der Waals surface area contributed by atoms with E-state index < -0.39 is 0 Å². The molecule has 0 fully saturated rings. The standard InChI is InChI=1S/C18H19N3O3/c1-20-14-9-8-12(10-15(14)21(2)18(20)23)11-19-17(22)13-6-4-5-7-16(13)24-3/h4-10H,11H2,1-3H3,(H,19,22). The quantitative estimate of drug-likeness (QED) is 0.796. The molecule has 0 spiro atoms. The second-order valence-electron chi connectivity index (χ2n) is 5.61. The van der Waals surface area contributed by atoms with Crippen LogP contribution >= 0.6 is 0 Å². The Morgan fingerprint density at radius 3 is 2.54 bits per heavy atom. The highest BCUT2D eigenvalue weighted by Crippen LogP contribution is 2.18. The van der Waals surface area contributed by atoms with Gasteiger partial charge >= 0.3 is 5.69 Å². The van der Waals surface area contributed by atoms with Crippen molar-refractivity contribution in [2.75, 3.05) is 7.11 Å². The maximum absolute atomic E-state index is 12.3. The Morgan fingerprint density at radius 2 is 1.79 bits per heavy atom. The number of carbonyl (C=O) groups is 1. The lowest BCUT2D eigenvalue weighted by Gasteiger charge is -2.09. The first-order valence-electron chi connectivity index (χ1n) is 7.58. The van der Waals surface area contributed by atoms with Crippen LogP contribution in [-0.2, 0) is 20.6 Å². The summed E-state index contributed by atoms with van der Waals surface area (Å²) in [5.41, 5.74) is 3.05. The largest absolute Gasteiger partial charge is 0.496 e. The van der Waals surface area contributed by atoms with Crippen molar-refractivity contribution in [3.8, 4) is 5.75 Å². The third-order valence-electron chi connectivity index (χ3n) is 4.14. The molecular formula is C18H19N3O3. The van der Waals surface area contributed by atoms with E-state index >= 15 is 0 Å². The second kappa shape index (κ2) is 6.23. The minimum Gasteiger partial charge on any atom is -0.496 e. The number of para-hydroxylation sites is 1. The molecular weight excluding hydrogens is 306 g/mol. The van der Waals surface area contributed by atoms with Gasteiger partial charge in [0.15, 0.2) is 0 Å². The van der Waals surface area contributed by atoms with Crippen molar-refractivity contribution in [3.63, 3.8) is 0 Å². The van der Waals surface area contributed by atoms with Gasteiger partial charge in [-0.1, -0.05) is 18.2 Å².